The van der Waals surface area contributed by atoms with Gasteiger partial charge in [-0.05, 0) is 36.4 Å². The molecule has 0 aliphatic heterocycles. The fraction of sp³-hybridized carbons (Fsp3) is 0. The van der Waals surface area contributed by atoms with Crippen LogP contribution in [0.3, 0.4) is 0 Å². The van der Waals surface area contributed by atoms with Crippen LogP contribution in [-0.4, -0.2) is 9.97 Å². The Balaban J connectivity index is 1.81. The van der Waals surface area contributed by atoms with E-state index in [0.717, 1.165) is 12.1 Å². The summed E-state index contributed by atoms with van der Waals surface area (Å²) in [5.41, 5.74) is 0.911. The molecule has 3 rings (SSSR count). The smallest absolute Gasteiger partial charge is 0.229 e. The third-order valence-corrected chi connectivity index (χ3v) is 3.59. The molecule has 8 heteroatoms. The van der Waals surface area contributed by atoms with Gasteiger partial charge in [0.05, 0.1) is 10.7 Å². The second kappa shape index (κ2) is 6.98. The summed E-state index contributed by atoms with van der Waals surface area (Å²) in [6.07, 6.45) is 1.51. The van der Waals surface area contributed by atoms with Gasteiger partial charge < -0.3 is 10.6 Å². The van der Waals surface area contributed by atoms with Gasteiger partial charge in [0.2, 0.25) is 5.95 Å². The molecule has 122 valence electrons. The number of hydrogen-bond acceptors (Lipinski definition) is 4. The summed E-state index contributed by atoms with van der Waals surface area (Å²) in [5, 5.41) is 6.79. The zero-order valence-corrected chi connectivity index (χ0v) is 13.5. The standard InChI is InChI=1S/C16H10Cl2F2N4/c17-9-1-3-11(18)14(7-9)23-16-21-6-5-15(24-16)22-10-2-4-12(19)13(20)8-10/h1-8H,(H2,21,22,23,24). The molecule has 0 bridgehead atoms. The first kappa shape index (κ1) is 16.4. The van der Waals surface area contributed by atoms with Gasteiger partial charge in [0.1, 0.15) is 5.82 Å². The molecule has 0 spiro atoms. The summed E-state index contributed by atoms with van der Waals surface area (Å²) in [4.78, 5) is 8.32. The lowest BCUT2D eigenvalue weighted by atomic mass is 10.3. The SMILES string of the molecule is Fc1ccc(Nc2ccnc(Nc3cc(Cl)ccc3Cl)n2)cc1F. The first-order chi connectivity index (χ1) is 11.5. The molecule has 4 nitrogen and oxygen atoms in total. The van der Waals surface area contributed by atoms with E-state index in [4.69, 9.17) is 23.2 Å². The van der Waals surface area contributed by atoms with E-state index in [2.05, 4.69) is 20.6 Å². The van der Waals surface area contributed by atoms with Gasteiger partial charge in [-0.3, -0.25) is 0 Å². The highest BCUT2D eigenvalue weighted by molar-refractivity contribution is 6.35. The summed E-state index contributed by atoms with van der Waals surface area (Å²) in [7, 11) is 0. The van der Waals surface area contributed by atoms with Crippen molar-refractivity contribution in [1.29, 1.82) is 0 Å². The lowest BCUT2D eigenvalue weighted by molar-refractivity contribution is 0.509. The fourth-order valence-electron chi connectivity index (χ4n) is 1.92. The molecule has 0 saturated carbocycles. The van der Waals surface area contributed by atoms with Crippen LogP contribution in [0.1, 0.15) is 0 Å². The first-order valence-electron chi connectivity index (χ1n) is 6.78. The van der Waals surface area contributed by atoms with Crippen molar-refractivity contribution >= 4 is 46.3 Å². The number of aromatic nitrogens is 2. The molecule has 2 aromatic carbocycles. The van der Waals surface area contributed by atoms with E-state index in [1.54, 1.807) is 24.3 Å². The van der Waals surface area contributed by atoms with E-state index in [1.807, 2.05) is 0 Å². The fourth-order valence-corrected chi connectivity index (χ4v) is 2.26. The third-order valence-electron chi connectivity index (χ3n) is 3.02. The number of rotatable bonds is 4. The van der Waals surface area contributed by atoms with Crippen molar-refractivity contribution in [2.24, 2.45) is 0 Å². The monoisotopic (exact) mass is 366 g/mol. The zero-order chi connectivity index (χ0) is 17.1. The summed E-state index contributed by atoms with van der Waals surface area (Å²) < 4.78 is 26.2. The number of nitrogens with zero attached hydrogens (tertiary/aromatic N) is 2. The van der Waals surface area contributed by atoms with Crippen LogP contribution >= 0.6 is 23.2 Å². The molecule has 0 aliphatic carbocycles. The van der Waals surface area contributed by atoms with Crippen LogP contribution in [0.5, 0.6) is 0 Å². The van der Waals surface area contributed by atoms with E-state index in [0.29, 0.717) is 27.2 Å². The van der Waals surface area contributed by atoms with Crippen molar-refractivity contribution < 1.29 is 8.78 Å². The predicted molar refractivity (Wildman–Crippen MR) is 91.4 cm³/mol. The molecule has 1 heterocycles. The van der Waals surface area contributed by atoms with Gasteiger partial charge in [-0.2, -0.15) is 4.98 Å². The van der Waals surface area contributed by atoms with E-state index >= 15 is 0 Å². The average Bonchev–Trinajstić information content (AvgIpc) is 2.55. The molecule has 0 amide bonds. The van der Waals surface area contributed by atoms with Gasteiger partial charge in [-0.1, -0.05) is 23.2 Å². The summed E-state index contributed by atoms with van der Waals surface area (Å²) in [6, 6.07) is 10.0. The van der Waals surface area contributed by atoms with Gasteiger partial charge in [0.15, 0.2) is 11.6 Å². The van der Waals surface area contributed by atoms with E-state index in [9.17, 15) is 8.78 Å². The highest BCUT2D eigenvalue weighted by Gasteiger charge is 2.06. The molecule has 0 aliphatic rings. The van der Waals surface area contributed by atoms with Crippen molar-refractivity contribution in [3.05, 3.63) is 70.3 Å². The summed E-state index contributed by atoms with van der Waals surface area (Å²) in [6.45, 7) is 0. The number of anilines is 4. The molecular formula is C16H10Cl2F2N4. The Hall–Kier alpha value is -2.44. The molecule has 1 aromatic heterocycles. The Morgan fingerprint density at radius 3 is 2.50 bits per heavy atom. The van der Waals surface area contributed by atoms with Gasteiger partial charge in [0.25, 0.3) is 0 Å². The largest absolute Gasteiger partial charge is 0.340 e. The third kappa shape index (κ3) is 3.90. The van der Waals surface area contributed by atoms with Gasteiger partial charge in [0, 0.05) is 23.0 Å². The number of hydrogen-bond donors (Lipinski definition) is 2. The molecule has 24 heavy (non-hydrogen) atoms. The minimum atomic E-state index is -0.946. The molecular weight excluding hydrogens is 357 g/mol. The van der Waals surface area contributed by atoms with Crippen LogP contribution in [-0.2, 0) is 0 Å². The van der Waals surface area contributed by atoms with E-state index in [-0.39, 0.29) is 5.95 Å². The van der Waals surface area contributed by atoms with Crippen LogP contribution in [0.2, 0.25) is 10.0 Å². The molecule has 0 atom stereocenters. The average molecular weight is 367 g/mol. The van der Waals surface area contributed by atoms with Gasteiger partial charge >= 0.3 is 0 Å². The van der Waals surface area contributed by atoms with Gasteiger partial charge in [-0.15, -0.1) is 0 Å². The predicted octanol–water partition coefficient (Wildman–Crippen LogP) is 5.55. The summed E-state index contributed by atoms with van der Waals surface area (Å²) in [5.74, 6) is -1.19. The quantitative estimate of drug-likeness (QED) is 0.635. The van der Waals surface area contributed by atoms with E-state index < -0.39 is 11.6 Å². The van der Waals surface area contributed by atoms with Crippen molar-refractivity contribution in [3.8, 4) is 0 Å². The Bertz CT molecular complexity index is 890. The first-order valence-corrected chi connectivity index (χ1v) is 7.54. The van der Waals surface area contributed by atoms with Crippen molar-refractivity contribution in [2.45, 2.75) is 0 Å². The minimum Gasteiger partial charge on any atom is -0.340 e. The van der Waals surface area contributed by atoms with Crippen molar-refractivity contribution in [3.63, 3.8) is 0 Å². The normalized spacial score (nSPS) is 10.5. The molecule has 3 aromatic rings. The number of nitrogens with one attached hydrogen (secondary N) is 2. The molecule has 2 N–H and O–H groups in total. The molecule has 0 fully saturated rings. The Labute approximate surface area is 146 Å². The second-order valence-electron chi connectivity index (χ2n) is 4.77. The number of benzene rings is 2. The van der Waals surface area contributed by atoms with Crippen LogP contribution in [0, 0.1) is 11.6 Å². The van der Waals surface area contributed by atoms with Crippen molar-refractivity contribution in [2.75, 3.05) is 10.6 Å². The van der Waals surface area contributed by atoms with E-state index in [1.165, 1.54) is 12.3 Å². The number of halogens is 4. The Morgan fingerprint density at radius 2 is 1.71 bits per heavy atom. The maximum Gasteiger partial charge on any atom is 0.229 e. The maximum atomic E-state index is 13.2. The van der Waals surface area contributed by atoms with Crippen LogP contribution in [0.15, 0.2) is 48.7 Å². The molecule has 0 radical (unpaired) electrons. The van der Waals surface area contributed by atoms with Crippen LogP contribution in [0.25, 0.3) is 0 Å². The summed E-state index contributed by atoms with van der Waals surface area (Å²) >= 11 is 12.0. The Morgan fingerprint density at radius 1 is 0.875 bits per heavy atom. The second-order valence-corrected chi connectivity index (χ2v) is 5.61. The Kier molecular flexibility index (Phi) is 4.78. The van der Waals surface area contributed by atoms with Gasteiger partial charge in [-0.25, -0.2) is 13.8 Å². The van der Waals surface area contributed by atoms with Crippen molar-refractivity contribution in [1.82, 2.24) is 9.97 Å². The topological polar surface area (TPSA) is 49.8 Å². The van der Waals surface area contributed by atoms with Crippen LogP contribution < -0.4 is 10.6 Å². The highest BCUT2D eigenvalue weighted by Crippen LogP contribution is 2.27. The maximum absolute atomic E-state index is 13.2. The lowest BCUT2D eigenvalue weighted by Gasteiger charge is -2.10. The lowest BCUT2D eigenvalue weighted by Crippen LogP contribution is -2.01. The minimum absolute atomic E-state index is 0.270. The molecule has 0 saturated heterocycles. The zero-order valence-electron chi connectivity index (χ0n) is 12.0. The highest BCUT2D eigenvalue weighted by atomic mass is 35.5. The molecule has 0 unspecified atom stereocenters. The van der Waals surface area contributed by atoms with Crippen LogP contribution in [0.4, 0.5) is 31.9 Å².